The molecule has 0 aromatic heterocycles. The Balaban J connectivity index is 0.00000242. The van der Waals surface area contributed by atoms with Gasteiger partial charge in [-0.2, -0.15) is 0 Å². The number of phenolic OH excluding ortho intramolecular Hbond substituents is 1. The molecule has 2 aromatic carbocycles. The molecule has 0 radical (unpaired) electrons. The van der Waals surface area contributed by atoms with E-state index in [4.69, 9.17) is 0 Å². The number of quaternary nitrogens is 1. The van der Waals surface area contributed by atoms with Crippen molar-refractivity contribution >= 4 is 0 Å². The van der Waals surface area contributed by atoms with Gasteiger partial charge in [0, 0.05) is 6.42 Å². The van der Waals surface area contributed by atoms with E-state index in [1.807, 2.05) is 42.5 Å². The van der Waals surface area contributed by atoms with Gasteiger partial charge in [0.05, 0.1) is 6.54 Å². The number of hydrogen-bond donors (Lipinski definition) is 3. The van der Waals surface area contributed by atoms with Crippen molar-refractivity contribution in [2.45, 2.75) is 31.9 Å². The quantitative estimate of drug-likeness (QED) is 0.574. The number of hydrogen-bond acceptors (Lipinski definition) is 2. The van der Waals surface area contributed by atoms with E-state index in [-0.39, 0.29) is 18.4 Å². The van der Waals surface area contributed by atoms with Crippen molar-refractivity contribution < 1.29 is 27.9 Å². The van der Waals surface area contributed by atoms with Crippen molar-refractivity contribution in [3.63, 3.8) is 0 Å². The van der Waals surface area contributed by atoms with Crippen molar-refractivity contribution in [1.29, 1.82) is 0 Å². The summed E-state index contributed by atoms with van der Waals surface area (Å²) in [6.45, 7) is 3.03. The Morgan fingerprint density at radius 2 is 1.64 bits per heavy atom. The van der Waals surface area contributed by atoms with Gasteiger partial charge in [-0.05, 0) is 36.6 Å². The fraction of sp³-hybridized carbons (Fsp3) is 0.333. The average molecular weight is 322 g/mol. The Hall–Kier alpha value is -1.55. The van der Waals surface area contributed by atoms with E-state index in [9.17, 15) is 10.2 Å². The molecular weight excluding hydrogens is 298 g/mol. The zero-order valence-electron chi connectivity index (χ0n) is 12.8. The molecule has 2 rings (SSSR count). The summed E-state index contributed by atoms with van der Waals surface area (Å²) >= 11 is 0. The van der Waals surface area contributed by atoms with Gasteiger partial charge in [0.15, 0.2) is 0 Å². The van der Waals surface area contributed by atoms with E-state index in [0.717, 1.165) is 24.9 Å². The Bertz CT molecular complexity index is 531. The summed E-state index contributed by atoms with van der Waals surface area (Å²) in [5.74, 6) is 0.310. The number of halogens is 1. The number of aliphatic hydroxyl groups is 1. The molecular formula is C18H24ClNO2. The number of phenols is 1. The van der Waals surface area contributed by atoms with Gasteiger partial charge in [0.1, 0.15) is 17.9 Å². The first-order valence-corrected chi connectivity index (χ1v) is 7.51. The molecule has 0 heterocycles. The molecule has 0 saturated carbocycles. The van der Waals surface area contributed by atoms with Crippen LogP contribution in [0.5, 0.6) is 5.75 Å². The molecule has 22 heavy (non-hydrogen) atoms. The van der Waals surface area contributed by atoms with Crippen LogP contribution < -0.4 is 17.7 Å². The second-order valence-corrected chi connectivity index (χ2v) is 5.51. The average Bonchev–Trinajstić information content (AvgIpc) is 2.53. The highest BCUT2D eigenvalue weighted by molar-refractivity contribution is 5.25. The molecule has 0 spiro atoms. The lowest BCUT2D eigenvalue weighted by atomic mass is 10.0. The zero-order valence-corrected chi connectivity index (χ0v) is 13.6. The third kappa shape index (κ3) is 5.68. The van der Waals surface area contributed by atoms with Gasteiger partial charge in [0.25, 0.3) is 0 Å². The molecule has 0 aliphatic carbocycles. The van der Waals surface area contributed by atoms with Gasteiger partial charge < -0.3 is 27.9 Å². The van der Waals surface area contributed by atoms with Gasteiger partial charge >= 0.3 is 0 Å². The molecule has 0 fully saturated rings. The lowest BCUT2D eigenvalue weighted by molar-refractivity contribution is -0.694. The second kappa shape index (κ2) is 9.46. The van der Waals surface area contributed by atoms with Crippen molar-refractivity contribution in [3.8, 4) is 5.75 Å². The molecule has 4 heteroatoms. The number of benzene rings is 2. The van der Waals surface area contributed by atoms with Gasteiger partial charge in [-0.3, -0.25) is 0 Å². The maximum Gasteiger partial charge on any atom is 0.130 e. The fourth-order valence-electron chi connectivity index (χ4n) is 2.43. The summed E-state index contributed by atoms with van der Waals surface area (Å²) in [4.78, 5) is 0. The van der Waals surface area contributed by atoms with Crippen LogP contribution in [-0.4, -0.2) is 22.8 Å². The van der Waals surface area contributed by atoms with Crippen LogP contribution in [0.1, 0.15) is 30.6 Å². The minimum Gasteiger partial charge on any atom is -1.00 e. The molecule has 2 aromatic rings. The van der Waals surface area contributed by atoms with E-state index >= 15 is 0 Å². The Kier molecular flexibility index (Phi) is 7.96. The first kappa shape index (κ1) is 18.5. The summed E-state index contributed by atoms with van der Waals surface area (Å²) in [6, 6.07) is 17.3. The second-order valence-electron chi connectivity index (χ2n) is 5.51. The highest BCUT2D eigenvalue weighted by Crippen LogP contribution is 2.14. The predicted octanol–water partition coefficient (Wildman–Crippen LogP) is -0.986. The first-order chi connectivity index (χ1) is 10.2. The zero-order chi connectivity index (χ0) is 15.1. The summed E-state index contributed by atoms with van der Waals surface area (Å²) in [5.41, 5.74) is 2.21. The van der Waals surface area contributed by atoms with Crippen molar-refractivity contribution in [1.82, 2.24) is 0 Å². The van der Waals surface area contributed by atoms with Gasteiger partial charge in [-0.1, -0.05) is 42.5 Å². The maximum absolute atomic E-state index is 10.3. The SMILES string of the molecule is CC([NH2+]CCCc1ccc(O)cc1)C(O)c1ccccc1.[Cl-]. The molecule has 0 aliphatic heterocycles. The lowest BCUT2D eigenvalue weighted by Crippen LogP contribution is -3.00. The summed E-state index contributed by atoms with van der Waals surface area (Å²) in [7, 11) is 0. The summed E-state index contributed by atoms with van der Waals surface area (Å²) < 4.78 is 0. The maximum atomic E-state index is 10.3. The monoisotopic (exact) mass is 321 g/mol. The van der Waals surface area contributed by atoms with Crippen molar-refractivity contribution in [2.24, 2.45) is 0 Å². The number of aryl methyl sites for hydroxylation is 1. The Morgan fingerprint density at radius 3 is 2.27 bits per heavy atom. The molecule has 0 aliphatic rings. The molecule has 0 amide bonds. The predicted molar refractivity (Wildman–Crippen MR) is 84.1 cm³/mol. The highest BCUT2D eigenvalue weighted by atomic mass is 35.5. The number of aromatic hydroxyl groups is 1. The minimum absolute atomic E-state index is 0. The van der Waals surface area contributed by atoms with E-state index in [2.05, 4.69) is 12.2 Å². The Labute approximate surface area is 138 Å². The van der Waals surface area contributed by atoms with Gasteiger partial charge in [-0.25, -0.2) is 0 Å². The molecule has 2 unspecified atom stereocenters. The van der Waals surface area contributed by atoms with Gasteiger partial charge in [-0.15, -0.1) is 0 Å². The van der Waals surface area contributed by atoms with Crippen molar-refractivity contribution in [2.75, 3.05) is 6.54 Å². The van der Waals surface area contributed by atoms with Crippen LogP contribution in [-0.2, 0) is 6.42 Å². The normalized spacial score (nSPS) is 13.2. The summed E-state index contributed by atoms with van der Waals surface area (Å²) in [6.07, 6.45) is 1.61. The van der Waals surface area contributed by atoms with E-state index < -0.39 is 6.10 Å². The number of nitrogens with two attached hydrogens (primary N) is 1. The summed E-state index contributed by atoms with van der Waals surface area (Å²) in [5, 5.41) is 21.7. The number of rotatable bonds is 7. The molecule has 0 bridgehead atoms. The van der Waals surface area contributed by atoms with Crippen molar-refractivity contribution in [3.05, 3.63) is 65.7 Å². The minimum atomic E-state index is -0.431. The largest absolute Gasteiger partial charge is 1.00 e. The fourth-order valence-corrected chi connectivity index (χ4v) is 2.43. The van der Waals surface area contributed by atoms with Crippen LogP contribution in [0.25, 0.3) is 0 Å². The Morgan fingerprint density at radius 1 is 1.00 bits per heavy atom. The molecule has 120 valence electrons. The van der Waals surface area contributed by atoms with Gasteiger partial charge in [0.2, 0.25) is 0 Å². The van der Waals surface area contributed by atoms with Crippen LogP contribution in [0.15, 0.2) is 54.6 Å². The molecule has 4 N–H and O–H groups in total. The molecule has 0 saturated heterocycles. The van der Waals surface area contributed by atoms with Crippen LogP contribution in [0.2, 0.25) is 0 Å². The van der Waals surface area contributed by atoms with Crippen LogP contribution in [0.3, 0.4) is 0 Å². The molecule has 3 nitrogen and oxygen atoms in total. The van der Waals surface area contributed by atoms with Crippen LogP contribution in [0.4, 0.5) is 0 Å². The third-order valence-corrected chi connectivity index (χ3v) is 3.78. The first-order valence-electron chi connectivity index (χ1n) is 7.51. The van der Waals surface area contributed by atoms with E-state index in [0.29, 0.717) is 5.75 Å². The number of aliphatic hydroxyl groups excluding tert-OH is 1. The lowest BCUT2D eigenvalue weighted by Gasteiger charge is -2.17. The third-order valence-electron chi connectivity index (χ3n) is 3.78. The van der Waals surface area contributed by atoms with Crippen LogP contribution in [0, 0.1) is 0 Å². The van der Waals surface area contributed by atoms with Crippen LogP contribution >= 0.6 is 0 Å². The topological polar surface area (TPSA) is 57.1 Å². The highest BCUT2D eigenvalue weighted by Gasteiger charge is 2.18. The smallest absolute Gasteiger partial charge is 0.130 e. The standard InChI is InChI=1S/C18H23NO2.ClH/c1-14(18(21)16-7-3-2-4-8-16)19-13-5-6-15-9-11-17(20)12-10-15;/h2-4,7-12,14,18-21H,5-6,13H2,1H3;1H. The molecule has 2 atom stereocenters. The van der Waals surface area contributed by atoms with E-state index in [1.165, 1.54) is 5.56 Å². The van der Waals surface area contributed by atoms with E-state index in [1.54, 1.807) is 12.1 Å².